The number of carboxylic acids is 4. The first-order valence-electron chi connectivity index (χ1n) is 5.25. The summed E-state index contributed by atoms with van der Waals surface area (Å²) in [5, 5.41) is 37.1. The Bertz CT molecular complexity index is 267. The second kappa shape index (κ2) is 33.6. The molecular formula is C10H18N4O8Pt2. The van der Waals surface area contributed by atoms with Gasteiger partial charge in [-0.15, -0.1) is 0 Å². The molecule has 0 saturated heterocycles. The number of carbonyl (C=O) groups excluding carboxylic acids is 4. The molecule has 146 valence electrons. The van der Waals surface area contributed by atoms with Crippen LogP contribution in [0.5, 0.6) is 0 Å². The predicted octanol–water partition coefficient (Wildman–Crippen LogP) is -2.95. The number of carboxylic acid groups (broad SMARTS) is 4. The number of rotatable bonds is 7. The Morgan fingerprint density at radius 2 is 0.750 bits per heavy atom. The Morgan fingerprint density at radius 1 is 0.583 bits per heavy atom. The molecule has 0 bridgehead atoms. The van der Waals surface area contributed by atoms with Crippen molar-refractivity contribution in [3.8, 4) is 0 Å². The molecule has 0 atom stereocenters. The van der Waals surface area contributed by atoms with Crippen molar-refractivity contribution in [2.75, 3.05) is 13.1 Å². The van der Waals surface area contributed by atoms with Crippen LogP contribution in [0.2, 0.25) is 0 Å². The van der Waals surface area contributed by atoms with E-state index < -0.39 is 36.7 Å². The zero-order valence-corrected chi connectivity index (χ0v) is 16.8. The maximum Gasteiger partial charge on any atom is 4.00 e. The van der Waals surface area contributed by atoms with Gasteiger partial charge in [-0.05, 0) is 0 Å². The molecule has 0 unspecified atom stereocenters. The van der Waals surface area contributed by atoms with Gasteiger partial charge in [0.25, 0.3) is 0 Å². The Morgan fingerprint density at radius 3 is 0.792 bits per heavy atom. The van der Waals surface area contributed by atoms with Crippen molar-refractivity contribution in [3.63, 3.8) is 0 Å². The van der Waals surface area contributed by atoms with E-state index >= 15 is 0 Å². The summed E-state index contributed by atoms with van der Waals surface area (Å²) in [5.41, 5.74) is 13.2. The number of hydrogen-bond donors (Lipinski definition) is 0. The van der Waals surface area contributed by atoms with Crippen LogP contribution in [0.3, 0.4) is 0 Å². The molecule has 0 aromatic heterocycles. The molecule has 24 heavy (non-hydrogen) atoms. The molecule has 0 aliphatic rings. The average Bonchev–Trinajstić information content (AvgIpc) is 2.24. The summed E-state index contributed by atoms with van der Waals surface area (Å²) in [5.74, 6) is -6.50. The number of nitrogens with two attached hydrogens (primary N) is 2. The van der Waals surface area contributed by atoms with Crippen molar-refractivity contribution in [2.45, 2.75) is 25.7 Å². The van der Waals surface area contributed by atoms with Crippen molar-refractivity contribution in [2.24, 2.45) is 0 Å². The maximum absolute atomic E-state index is 9.28. The average molecular weight is 712 g/mol. The van der Waals surface area contributed by atoms with E-state index in [0.717, 1.165) is 12.8 Å². The molecule has 0 saturated carbocycles. The van der Waals surface area contributed by atoms with E-state index in [4.69, 9.17) is 11.5 Å². The first kappa shape index (κ1) is 43.5. The van der Waals surface area contributed by atoms with Gasteiger partial charge in [-0.2, -0.15) is 13.1 Å². The minimum absolute atomic E-state index is 0. The molecule has 0 radical (unpaired) electrons. The first-order valence-corrected chi connectivity index (χ1v) is 5.25. The third-order valence-corrected chi connectivity index (χ3v) is 1.18. The monoisotopic (exact) mass is 712 g/mol. The molecule has 6 N–H and O–H groups in total. The summed E-state index contributed by atoms with van der Waals surface area (Å²) in [6.45, 7) is 0.970. The van der Waals surface area contributed by atoms with Crippen LogP contribution in [-0.4, -0.2) is 37.0 Å². The van der Waals surface area contributed by atoms with Gasteiger partial charge in [0.05, 0.1) is 0 Å². The number of carbonyl (C=O) groups is 4. The smallest absolute Gasteiger partial charge is 0.693 e. The number of nitrogens with one attached hydrogen (secondary N) is 2. The Labute approximate surface area is 168 Å². The largest absolute Gasteiger partial charge is 4.00 e. The van der Waals surface area contributed by atoms with Gasteiger partial charge in [-0.1, -0.05) is 12.8 Å². The standard InChI is InChI=1S/C4H10N2.2C3H4O4.2H2N.2Pt/c5-3-1-2-4-6;2*4-2(5)1-3(6)7;;;;/h5-6H,1-4H2;2*1H2,(H,4,5)(H,6,7);2*1H2;;/q-2;;;2*-1;2*+4/p-4. The van der Waals surface area contributed by atoms with Crippen molar-refractivity contribution in [1.29, 1.82) is 0 Å². The SMILES string of the molecule is O=C([O-])CC(=O)[O-].O=C([O-])CC(=O)[O-].[NH-]CCCC[NH-].[NH2-].[NH2-].[Pt+4].[Pt+4]. The van der Waals surface area contributed by atoms with E-state index in [9.17, 15) is 39.6 Å². The maximum atomic E-state index is 9.28. The third-order valence-electron chi connectivity index (χ3n) is 1.18. The van der Waals surface area contributed by atoms with E-state index in [1.54, 1.807) is 0 Å². The van der Waals surface area contributed by atoms with E-state index in [-0.39, 0.29) is 54.4 Å². The normalized spacial score (nSPS) is 6.92. The fourth-order valence-corrected chi connectivity index (χ4v) is 0.486. The number of hydrogen-bond acceptors (Lipinski definition) is 8. The van der Waals surface area contributed by atoms with E-state index in [1.807, 2.05) is 0 Å². The summed E-state index contributed by atoms with van der Waals surface area (Å²) in [7, 11) is 0. The van der Waals surface area contributed by atoms with Gasteiger partial charge < -0.3 is 63.4 Å². The van der Waals surface area contributed by atoms with Crippen LogP contribution in [0, 0.1) is 0 Å². The van der Waals surface area contributed by atoms with Crippen LogP contribution in [0.15, 0.2) is 0 Å². The quantitative estimate of drug-likeness (QED) is 0.194. The molecule has 0 aliphatic heterocycles. The van der Waals surface area contributed by atoms with Crippen LogP contribution in [-0.2, 0) is 61.3 Å². The Hall–Kier alpha value is -0.903. The molecule has 0 aliphatic carbocycles. The van der Waals surface area contributed by atoms with Gasteiger partial charge in [-0.3, -0.25) is 0 Å². The van der Waals surface area contributed by atoms with Crippen molar-refractivity contribution >= 4 is 23.9 Å². The van der Waals surface area contributed by atoms with Crippen LogP contribution in [0.4, 0.5) is 0 Å². The van der Waals surface area contributed by atoms with Gasteiger partial charge in [0.1, 0.15) is 0 Å². The fourth-order valence-electron chi connectivity index (χ4n) is 0.486. The molecule has 0 spiro atoms. The summed E-state index contributed by atoms with van der Waals surface area (Å²) < 4.78 is 0. The van der Waals surface area contributed by atoms with Gasteiger partial charge >= 0.3 is 42.1 Å². The fraction of sp³-hybridized carbons (Fsp3) is 0.600. The number of unbranched alkanes of at least 4 members (excludes halogenated alkanes) is 1. The van der Waals surface area contributed by atoms with Gasteiger partial charge in [0, 0.05) is 36.7 Å². The Kier molecular flexibility index (Phi) is 61.0. The Balaban J connectivity index is -0.0000000334. The molecule has 0 aromatic carbocycles. The zero-order valence-electron chi connectivity index (χ0n) is 12.3. The zero-order chi connectivity index (χ0) is 16.6. The molecule has 0 heterocycles. The second-order valence-corrected chi connectivity index (χ2v) is 3.05. The minimum Gasteiger partial charge on any atom is -0.693 e. The molecule has 0 rings (SSSR count). The van der Waals surface area contributed by atoms with Crippen molar-refractivity contribution < 1.29 is 81.7 Å². The van der Waals surface area contributed by atoms with E-state index in [2.05, 4.69) is 0 Å². The summed E-state index contributed by atoms with van der Waals surface area (Å²) in [4.78, 5) is 37.1. The molecule has 12 nitrogen and oxygen atoms in total. The first-order chi connectivity index (χ1) is 9.17. The molecule has 0 aromatic rings. The van der Waals surface area contributed by atoms with Gasteiger partial charge in [0.2, 0.25) is 0 Å². The molecule has 0 fully saturated rings. The van der Waals surface area contributed by atoms with E-state index in [0.29, 0.717) is 13.1 Å². The van der Waals surface area contributed by atoms with Crippen LogP contribution in [0.25, 0.3) is 23.8 Å². The number of aliphatic carboxylic acids is 4. The van der Waals surface area contributed by atoms with Gasteiger partial charge in [0.15, 0.2) is 0 Å². The predicted molar refractivity (Wildman–Crippen MR) is 67.4 cm³/mol. The van der Waals surface area contributed by atoms with Crippen LogP contribution < -0.4 is 20.4 Å². The molecule has 14 heteroatoms. The van der Waals surface area contributed by atoms with Crippen molar-refractivity contribution in [3.05, 3.63) is 23.8 Å². The summed E-state index contributed by atoms with van der Waals surface area (Å²) >= 11 is 0. The summed E-state index contributed by atoms with van der Waals surface area (Å²) in [6.07, 6.45) is -0.271. The molecule has 0 amide bonds. The third kappa shape index (κ3) is 83.6. The van der Waals surface area contributed by atoms with Crippen LogP contribution in [0.1, 0.15) is 25.7 Å². The van der Waals surface area contributed by atoms with Gasteiger partial charge in [-0.25, -0.2) is 0 Å². The van der Waals surface area contributed by atoms with Crippen LogP contribution >= 0.6 is 0 Å². The topological polar surface area (TPSA) is 275 Å². The second-order valence-electron chi connectivity index (χ2n) is 3.05. The summed E-state index contributed by atoms with van der Waals surface area (Å²) in [6, 6.07) is 0. The van der Waals surface area contributed by atoms with E-state index in [1.165, 1.54) is 0 Å². The minimum atomic E-state index is -1.63. The molecular weight excluding hydrogens is 694 g/mol. The van der Waals surface area contributed by atoms with Crippen molar-refractivity contribution in [1.82, 2.24) is 0 Å².